The van der Waals surface area contributed by atoms with Crippen molar-refractivity contribution in [2.75, 3.05) is 95.2 Å². The van der Waals surface area contributed by atoms with Crippen molar-refractivity contribution in [1.29, 1.82) is 10.5 Å². The van der Waals surface area contributed by atoms with Gasteiger partial charge in [-0.25, -0.2) is 24.0 Å². The summed E-state index contributed by atoms with van der Waals surface area (Å²) < 4.78 is 26.4. The van der Waals surface area contributed by atoms with Gasteiger partial charge in [0.2, 0.25) is 0 Å². The first-order valence-corrected chi connectivity index (χ1v) is 36.8. The third-order valence-electron chi connectivity index (χ3n) is 22.5. The average molecular weight is 1400 g/mol. The van der Waals surface area contributed by atoms with E-state index in [1.54, 1.807) is 6.33 Å². The van der Waals surface area contributed by atoms with Crippen molar-refractivity contribution in [3.05, 3.63) is 217 Å². The van der Waals surface area contributed by atoms with Gasteiger partial charge in [-0.2, -0.15) is 15.6 Å². The Morgan fingerprint density at radius 1 is 0.590 bits per heavy atom. The van der Waals surface area contributed by atoms with Crippen LogP contribution in [0.4, 0.5) is 21.6 Å². The molecule has 21 heteroatoms. The molecule has 6 aliphatic rings. The largest absolute Gasteiger partial charge is 0.371 e. The number of halogens is 1. The molecule has 532 valence electrons. The molecule has 0 unspecified atom stereocenters. The van der Waals surface area contributed by atoms with Crippen molar-refractivity contribution in [3.63, 3.8) is 0 Å². The van der Waals surface area contributed by atoms with Crippen LogP contribution >= 0.6 is 0 Å². The van der Waals surface area contributed by atoms with Gasteiger partial charge in [-0.05, 0) is 216 Å². The molecular formula is C84H89FN20. The molecule has 12 aromatic rings. The number of aromatic nitrogens is 12. The Bertz CT molecular complexity index is 5210. The van der Waals surface area contributed by atoms with Gasteiger partial charge in [0.25, 0.3) is 0 Å². The SMILES string of the molecule is CCC(C)(C)NC[C@@H]1CCN(c2ccc3c(c2)Cn2cc(-c4ccc(C#N)cc4)cc2-c2nncn2-3)C1.CN(C)C1CCN(c2ccc3c(c2)Cn2cc(-c4ccc(C#N)cc4)cc2-c2ncnn2-3)CC1.C[C@H]1CN(c2ccc3c(n2)Cn2cc(-c4ccc(F)cc4)cc2-c2nccn2-3)C[C@@H]1CN(C)C. The van der Waals surface area contributed by atoms with Crippen LogP contribution in [-0.4, -0.2) is 160 Å². The smallest absolute Gasteiger partial charge is 0.185 e. The minimum atomic E-state index is -0.227. The number of nitriles is 2. The molecule has 18 rings (SSSR count). The fourth-order valence-electron chi connectivity index (χ4n) is 16.0. The van der Waals surface area contributed by atoms with Gasteiger partial charge in [-0.15, -0.1) is 10.2 Å². The van der Waals surface area contributed by atoms with Crippen LogP contribution in [0.2, 0.25) is 0 Å². The lowest BCUT2D eigenvalue weighted by Gasteiger charge is -2.36. The summed E-state index contributed by atoms with van der Waals surface area (Å²) in [5, 5.41) is 35.3. The first-order valence-electron chi connectivity index (χ1n) is 36.8. The number of hydrogen-bond donors (Lipinski definition) is 1. The molecule has 1 N–H and O–H groups in total. The Hall–Kier alpha value is -11.2. The second-order valence-corrected chi connectivity index (χ2v) is 30.3. The molecule has 5 aromatic carbocycles. The Labute approximate surface area is 613 Å². The zero-order chi connectivity index (χ0) is 72.2. The molecule has 3 saturated heterocycles. The van der Waals surface area contributed by atoms with Crippen molar-refractivity contribution in [3.8, 4) is 97.1 Å². The van der Waals surface area contributed by atoms with E-state index in [2.05, 4.69) is 231 Å². The molecule has 7 aromatic heterocycles. The molecule has 13 heterocycles. The third-order valence-corrected chi connectivity index (χ3v) is 22.5. The molecule has 0 saturated carbocycles. The van der Waals surface area contributed by atoms with E-state index in [9.17, 15) is 4.39 Å². The molecule has 0 bridgehead atoms. The number of rotatable bonds is 13. The number of hydrogen-bond acceptors (Lipinski definition) is 14. The van der Waals surface area contributed by atoms with Crippen LogP contribution in [0, 0.1) is 46.2 Å². The van der Waals surface area contributed by atoms with E-state index in [0.29, 0.717) is 41.5 Å². The van der Waals surface area contributed by atoms with E-state index in [-0.39, 0.29) is 11.4 Å². The second kappa shape index (κ2) is 28.4. The highest BCUT2D eigenvalue weighted by Crippen LogP contribution is 2.40. The molecular weight excluding hydrogens is 1310 g/mol. The number of nitrogens with one attached hydrogen (secondary N) is 1. The van der Waals surface area contributed by atoms with Gasteiger partial charge in [0, 0.05) is 136 Å². The minimum Gasteiger partial charge on any atom is -0.371 e. The van der Waals surface area contributed by atoms with Crippen LogP contribution in [0.15, 0.2) is 183 Å². The summed E-state index contributed by atoms with van der Waals surface area (Å²) in [4.78, 5) is 26.5. The van der Waals surface area contributed by atoms with Gasteiger partial charge in [0.05, 0.1) is 69.6 Å². The monoisotopic (exact) mass is 1400 g/mol. The standard InChI is InChI=1S/C30H33N7.C27H29FN6.C27H27N7/c1-4-30(2,3)32-16-22-11-12-35(17-22)26-9-10-27-25(13-26)19-36-18-24(23-7-5-21(15-31)6-8-23)14-28(36)29-34-33-20-37(27)29;1-18-13-33(16-21(18)14-31(2)3)26-9-8-24-23(30-26)17-32-15-20(19-4-6-22(28)7-5-19)12-25(32)27-29-10-11-34(24)27;1-31(2)23-9-11-32(12-10-23)24-7-8-25-22(13-24)17-33-16-21(20-5-3-19(15-28)4-6-20)14-26(33)27-29-18-30-34(25)27/h5-10,13-14,18,20,22,32H,4,11-12,16-17,19H2,1-3H3;4-12,15,18,21H,13-14,16-17H2,1-3H3;3-8,13-14,16,18,23H,9-12,17H2,1-2H3/t22-;18-,21-;/m00./s1. The van der Waals surface area contributed by atoms with Crippen molar-refractivity contribution in [2.45, 2.75) is 84.6 Å². The van der Waals surface area contributed by atoms with E-state index in [4.69, 9.17) is 15.5 Å². The summed E-state index contributed by atoms with van der Waals surface area (Å²) in [5.74, 6) is 5.35. The summed E-state index contributed by atoms with van der Waals surface area (Å²) in [7, 11) is 8.65. The van der Waals surface area contributed by atoms with Crippen LogP contribution in [0.25, 0.3) is 85.0 Å². The van der Waals surface area contributed by atoms with Crippen molar-refractivity contribution in [2.24, 2.45) is 17.8 Å². The zero-order valence-corrected chi connectivity index (χ0v) is 61.1. The molecule has 0 radical (unpaired) electrons. The molecule has 105 heavy (non-hydrogen) atoms. The van der Waals surface area contributed by atoms with Gasteiger partial charge in [0.15, 0.2) is 17.5 Å². The van der Waals surface area contributed by atoms with Crippen molar-refractivity contribution >= 4 is 17.2 Å². The van der Waals surface area contributed by atoms with Crippen molar-refractivity contribution < 1.29 is 4.39 Å². The predicted octanol–water partition coefficient (Wildman–Crippen LogP) is 13.9. The lowest BCUT2D eigenvalue weighted by Crippen LogP contribution is -2.42. The lowest BCUT2D eigenvalue weighted by atomic mass is 9.98. The summed E-state index contributed by atoms with van der Waals surface area (Å²) in [6.45, 7) is 19.9. The average Bonchev–Trinajstić information content (AvgIpc) is 1.62. The number of piperidine rings is 1. The van der Waals surface area contributed by atoms with E-state index in [1.807, 2.05) is 84.1 Å². The van der Waals surface area contributed by atoms with E-state index < -0.39 is 0 Å². The number of fused-ring (bicyclic) bond motifs is 15. The highest BCUT2D eigenvalue weighted by Gasteiger charge is 2.34. The van der Waals surface area contributed by atoms with Gasteiger partial charge < -0.3 is 43.5 Å². The zero-order valence-electron chi connectivity index (χ0n) is 61.1. The maximum atomic E-state index is 13.4. The molecule has 0 spiro atoms. The van der Waals surface area contributed by atoms with Crippen LogP contribution in [-0.2, 0) is 19.6 Å². The van der Waals surface area contributed by atoms with E-state index >= 15 is 0 Å². The summed E-state index contributed by atoms with van der Waals surface area (Å²) >= 11 is 0. The fourth-order valence-corrected chi connectivity index (χ4v) is 16.0. The summed E-state index contributed by atoms with van der Waals surface area (Å²) in [5.41, 5.74) is 20.4. The molecule has 3 fully saturated rings. The first-order chi connectivity index (χ1) is 51.0. The minimum absolute atomic E-state index is 0.194. The summed E-state index contributed by atoms with van der Waals surface area (Å²) in [6.07, 6.45) is 18.5. The first kappa shape index (κ1) is 68.2. The van der Waals surface area contributed by atoms with Crippen LogP contribution in [0.3, 0.4) is 0 Å². The summed E-state index contributed by atoms with van der Waals surface area (Å²) in [6, 6.07) is 51.5. The maximum Gasteiger partial charge on any atom is 0.185 e. The highest BCUT2D eigenvalue weighted by molar-refractivity contribution is 5.75. The van der Waals surface area contributed by atoms with Crippen LogP contribution in [0.1, 0.15) is 81.3 Å². The highest BCUT2D eigenvalue weighted by atomic mass is 19.1. The van der Waals surface area contributed by atoms with E-state index in [1.165, 1.54) is 53.9 Å². The number of anilines is 3. The third kappa shape index (κ3) is 13.8. The fraction of sp³-hybridized carbons (Fsp3) is 0.333. The number of benzene rings is 5. The normalized spacial score (nSPS) is 17.0. The van der Waals surface area contributed by atoms with Gasteiger partial charge in [-0.3, -0.25) is 9.13 Å². The second-order valence-electron chi connectivity index (χ2n) is 30.3. The van der Waals surface area contributed by atoms with Crippen LogP contribution in [0.5, 0.6) is 0 Å². The number of imidazole rings is 1. The van der Waals surface area contributed by atoms with Gasteiger partial charge in [-0.1, -0.05) is 50.2 Å². The Balaban J connectivity index is 0.000000121. The lowest BCUT2D eigenvalue weighted by molar-refractivity contribution is 0.249. The van der Waals surface area contributed by atoms with Gasteiger partial charge >= 0.3 is 0 Å². The number of pyridine rings is 1. The molecule has 6 aliphatic heterocycles. The number of nitrogens with zero attached hydrogens (tertiary/aromatic N) is 19. The molecule has 20 nitrogen and oxygen atoms in total. The topological polar surface area (TPSA) is 183 Å². The quantitative estimate of drug-likeness (QED) is 0.115. The van der Waals surface area contributed by atoms with Crippen LogP contribution < -0.4 is 20.0 Å². The molecule has 0 aliphatic carbocycles. The maximum absolute atomic E-state index is 13.4. The predicted molar refractivity (Wildman–Crippen MR) is 412 cm³/mol. The Kier molecular flexibility index (Phi) is 18.5. The molecule has 0 amide bonds. The van der Waals surface area contributed by atoms with E-state index in [0.717, 1.165) is 168 Å². The van der Waals surface area contributed by atoms with Gasteiger partial charge in [0.1, 0.15) is 24.3 Å². The Morgan fingerprint density at radius 2 is 1.17 bits per heavy atom. The Morgan fingerprint density at radius 3 is 1.80 bits per heavy atom. The molecule has 3 atom stereocenters. The van der Waals surface area contributed by atoms with Crippen molar-refractivity contribution in [1.82, 2.24) is 72.9 Å².